The second-order valence-electron chi connectivity index (χ2n) is 9.22. The Morgan fingerprint density at radius 1 is 1.03 bits per heavy atom. The van der Waals surface area contributed by atoms with Gasteiger partial charge in [-0.2, -0.15) is 0 Å². The Bertz CT molecular complexity index is 1450. The number of ketones is 1. The zero-order valence-electron chi connectivity index (χ0n) is 21.4. The molecule has 0 aliphatic carbocycles. The minimum absolute atomic E-state index is 0.109. The first-order chi connectivity index (χ1) is 18.0. The van der Waals surface area contributed by atoms with Gasteiger partial charge in [0.2, 0.25) is 0 Å². The quantitative estimate of drug-likeness (QED) is 0.250. The number of benzene rings is 3. The van der Waals surface area contributed by atoms with Crippen molar-refractivity contribution < 1.29 is 29.3 Å². The van der Waals surface area contributed by atoms with Crippen LogP contribution in [0.4, 0.5) is 11.4 Å². The van der Waals surface area contributed by atoms with Crippen molar-refractivity contribution in [3.8, 4) is 5.75 Å². The lowest BCUT2D eigenvalue weighted by Crippen LogP contribution is -2.29. The van der Waals surface area contributed by atoms with E-state index in [0.717, 1.165) is 11.3 Å². The second kappa shape index (κ2) is 10.6. The Morgan fingerprint density at radius 2 is 1.66 bits per heavy atom. The number of hydrogen-bond acceptors (Lipinski definition) is 6. The van der Waals surface area contributed by atoms with Crippen molar-refractivity contribution in [2.24, 2.45) is 0 Å². The predicted octanol–water partition coefficient (Wildman–Crippen LogP) is 4.98. The Morgan fingerprint density at radius 3 is 2.21 bits per heavy atom. The van der Waals surface area contributed by atoms with Crippen LogP contribution in [0.5, 0.6) is 5.75 Å². The molecule has 0 radical (unpaired) electrons. The summed E-state index contributed by atoms with van der Waals surface area (Å²) >= 11 is 6.36. The Kier molecular flexibility index (Phi) is 7.46. The number of aliphatic carboxylic acids is 1. The summed E-state index contributed by atoms with van der Waals surface area (Å²) in [5.41, 5.74) is 3.26. The number of carbonyl (C=O) groups is 3. The number of aryl methyl sites for hydroxylation is 1. The Balaban J connectivity index is 1.94. The van der Waals surface area contributed by atoms with Gasteiger partial charge in [0.25, 0.3) is 11.7 Å². The van der Waals surface area contributed by atoms with Crippen LogP contribution in [0, 0.1) is 6.92 Å². The number of rotatable bonds is 7. The molecule has 1 saturated heterocycles. The fourth-order valence-corrected chi connectivity index (χ4v) is 4.93. The minimum atomic E-state index is -0.982. The van der Waals surface area contributed by atoms with E-state index in [4.69, 9.17) is 21.4 Å². The fourth-order valence-electron chi connectivity index (χ4n) is 4.58. The molecule has 0 aromatic heterocycles. The topological polar surface area (TPSA) is 107 Å². The molecule has 1 atom stereocenters. The van der Waals surface area contributed by atoms with E-state index in [2.05, 4.69) is 0 Å². The summed E-state index contributed by atoms with van der Waals surface area (Å²) < 4.78 is 5.42. The van der Waals surface area contributed by atoms with Crippen LogP contribution in [0.1, 0.15) is 28.3 Å². The summed E-state index contributed by atoms with van der Waals surface area (Å²) in [6.45, 7) is 1.79. The molecule has 1 fully saturated rings. The van der Waals surface area contributed by atoms with E-state index in [-0.39, 0.29) is 28.3 Å². The first-order valence-corrected chi connectivity index (χ1v) is 12.1. The van der Waals surface area contributed by atoms with Gasteiger partial charge >= 0.3 is 5.97 Å². The standard InChI is InChI=1S/C29H27ClN2O6/c1-16-13-21(28(38-4)22(30)14-16)26(35)24-25(18-7-11-19(12-8-18)31(2)3)32(29(37)27(24)36)20-9-5-17(6-10-20)15-23(33)34/h5-14,25,35H,15H2,1-4H3,(H,33,34)/b26-24+. The van der Waals surface area contributed by atoms with Gasteiger partial charge in [-0.1, -0.05) is 35.9 Å². The highest BCUT2D eigenvalue weighted by Gasteiger charge is 2.47. The second-order valence-corrected chi connectivity index (χ2v) is 9.63. The molecule has 1 heterocycles. The zero-order valence-corrected chi connectivity index (χ0v) is 22.1. The molecule has 38 heavy (non-hydrogen) atoms. The molecule has 3 aromatic rings. The van der Waals surface area contributed by atoms with Crippen LogP contribution >= 0.6 is 11.6 Å². The maximum Gasteiger partial charge on any atom is 0.307 e. The van der Waals surface area contributed by atoms with Crippen molar-refractivity contribution in [2.75, 3.05) is 31.0 Å². The lowest BCUT2D eigenvalue weighted by atomic mass is 9.94. The number of hydrogen-bond donors (Lipinski definition) is 2. The van der Waals surface area contributed by atoms with E-state index in [9.17, 15) is 19.5 Å². The monoisotopic (exact) mass is 534 g/mol. The van der Waals surface area contributed by atoms with Gasteiger partial charge in [0.1, 0.15) is 11.5 Å². The zero-order chi connectivity index (χ0) is 27.7. The normalized spacial score (nSPS) is 16.6. The SMILES string of the molecule is COc1c(Cl)cc(C)cc1/C(O)=C1\C(=O)C(=O)N(c2ccc(CC(=O)O)cc2)C1c1ccc(N(C)C)cc1. The molecule has 4 rings (SSSR count). The van der Waals surface area contributed by atoms with E-state index in [1.807, 2.05) is 31.1 Å². The molecular formula is C29H27ClN2O6. The average Bonchev–Trinajstić information content (AvgIpc) is 3.13. The number of ether oxygens (including phenoxy) is 1. The molecule has 0 saturated carbocycles. The Hall–Kier alpha value is -4.30. The van der Waals surface area contributed by atoms with Crippen molar-refractivity contribution in [3.63, 3.8) is 0 Å². The number of amides is 1. The van der Waals surface area contributed by atoms with Crippen LogP contribution in [0.15, 0.2) is 66.2 Å². The van der Waals surface area contributed by atoms with Crippen LogP contribution < -0.4 is 14.5 Å². The van der Waals surface area contributed by atoms with E-state index < -0.39 is 29.5 Å². The smallest absolute Gasteiger partial charge is 0.307 e. The minimum Gasteiger partial charge on any atom is -0.507 e. The molecule has 9 heteroatoms. The van der Waals surface area contributed by atoms with Gasteiger partial charge in [-0.3, -0.25) is 19.3 Å². The highest BCUT2D eigenvalue weighted by atomic mass is 35.5. The van der Waals surface area contributed by atoms with Gasteiger partial charge in [0, 0.05) is 25.5 Å². The van der Waals surface area contributed by atoms with Gasteiger partial charge in [-0.15, -0.1) is 0 Å². The average molecular weight is 535 g/mol. The summed E-state index contributed by atoms with van der Waals surface area (Å²) in [7, 11) is 5.20. The number of nitrogens with zero attached hydrogens (tertiary/aromatic N) is 2. The Labute approximate surface area is 225 Å². The fraction of sp³-hybridized carbons (Fsp3) is 0.207. The molecule has 1 unspecified atom stereocenters. The van der Waals surface area contributed by atoms with Crippen LogP contribution in [-0.2, 0) is 20.8 Å². The number of Topliss-reactive ketones (excluding diaryl/α,β-unsaturated/α-hetero) is 1. The van der Waals surface area contributed by atoms with Gasteiger partial charge in [0.05, 0.1) is 35.7 Å². The van der Waals surface area contributed by atoms with Crippen molar-refractivity contribution in [1.82, 2.24) is 0 Å². The van der Waals surface area contributed by atoms with Crippen molar-refractivity contribution in [1.29, 1.82) is 0 Å². The van der Waals surface area contributed by atoms with E-state index in [0.29, 0.717) is 16.8 Å². The van der Waals surface area contributed by atoms with E-state index in [1.165, 1.54) is 12.0 Å². The van der Waals surface area contributed by atoms with Gasteiger partial charge in [0.15, 0.2) is 0 Å². The number of aliphatic hydroxyl groups is 1. The number of anilines is 2. The van der Waals surface area contributed by atoms with Crippen molar-refractivity contribution in [2.45, 2.75) is 19.4 Å². The van der Waals surface area contributed by atoms with Gasteiger partial charge in [-0.25, -0.2) is 0 Å². The maximum absolute atomic E-state index is 13.5. The third kappa shape index (κ3) is 4.95. The third-order valence-electron chi connectivity index (χ3n) is 6.39. The molecule has 1 aliphatic rings. The summed E-state index contributed by atoms with van der Waals surface area (Å²) in [6.07, 6.45) is -0.178. The molecule has 1 aliphatic heterocycles. The van der Waals surface area contributed by atoms with Crippen molar-refractivity contribution >= 4 is 46.4 Å². The number of aliphatic hydroxyl groups excluding tert-OH is 1. The summed E-state index contributed by atoms with van der Waals surface area (Å²) in [4.78, 5) is 41.2. The summed E-state index contributed by atoms with van der Waals surface area (Å²) in [5.74, 6) is -2.89. The van der Waals surface area contributed by atoms with E-state index in [1.54, 1.807) is 55.5 Å². The molecule has 3 aromatic carbocycles. The molecular weight excluding hydrogens is 508 g/mol. The molecule has 2 N–H and O–H groups in total. The number of carboxylic acids is 1. The first kappa shape index (κ1) is 26.8. The highest BCUT2D eigenvalue weighted by Crippen LogP contribution is 2.44. The number of carboxylic acid groups (broad SMARTS) is 1. The van der Waals surface area contributed by atoms with Crippen LogP contribution in [0.3, 0.4) is 0 Å². The van der Waals surface area contributed by atoms with Gasteiger partial charge < -0.3 is 19.8 Å². The molecule has 0 bridgehead atoms. The third-order valence-corrected chi connectivity index (χ3v) is 6.67. The number of methoxy groups -OCH3 is 1. The first-order valence-electron chi connectivity index (χ1n) is 11.8. The maximum atomic E-state index is 13.5. The van der Waals surface area contributed by atoms with Crippen LogP contribution in [0.2, 0.25) is 5.02 Å². The number of halogens is 1. The predicted molar refractivity (Wildman–Crippen MR) is 146 cm³/mol. The lowest BCUT2D eigenvalue weighted by molar-refractivity contribution is -0.136. The van der Waals surface area contributed by atoms with E-state index >= 15 is 0 Å². The largest absolute Gasteiger partial charge is 0.507 e. The van der Waals surface area contributed by atoms with Crippen LogP contribution in [-0.4, -0.2) is 49.1 Å². The summed E-state index contributed by atoms with van der Waals surface area (Å²) in [6, 6.07) is 16.0. The molecule has 196 valence electrons. The lowest BCUT2D eigenvalue weighted by Gasteiger charge is -2.26. The summed E-state index contributed by atoms with van der Waals surface area (Å²) in [5, 5.41) is 20.9. The van der Waals surface area contributed by atoms with Crippen LogP contribution in [0.25, 0.3) is 5.76 Å². The van der Waals surface area contributed by atoms with Gasteiger partial charge in [-0.05, 0) is 60.0 Å². The van der Waals surface area contributed by atoms with Crippen molar-refractivity contribution in [3.05, 3.63) is 93.5 Å². The number of carbonyl (C=O) groups excluding carboxylic acids is 2. The molecule has 8 nitrogen and oxygen atoms in total. The molecule has 1 amide bonds. The molecule has 0 spiro atoms. The highest BCUT2D eigenvalue weighted by molar-refractivity contribution is 6.51.